The lowest BCUT2D eigenvalue weighted by Gasteiger charge is -2.04. The van der Waals surface area contributed by atoms with E-state index in [9.17, 15) is 9.18 Å². The van der Waals surface area contributed by atoms with Gasteiger partial charge in [-0.15, -0.1) is 10.2 Å². The molecule has 1 amide bonds. The van der Waals surface area contributed by atoms with Crippen molar-refractivity contribution in [2.45, 2.75) is 26.8 Å². The van der Waals surface area contributed by atoms with Gasteiger partial charge in [0, 0.05) is 6.42 Å². The highest BCUT2D eigenvalue weighted by molar-refractivity contribution is 5.75. The molecule has 1 aromatic carbocycles. The van der Waals surface area contributed by atoms with Crippen LogP contribution in [0.25, 0.3) is 11.5 Å². The summed E-state index contributed by atoms with van der Waals surface area (Å²) in [5.74, 6) is 0.139. The van der Waals surface area contributed by atoms with Crippen LogP contribution in [0.3, 0.4) is 0 Å². The van der Waals surface area contributed by atoms with Crippen LogP contribution >= 0.6 is 0 Å². The summed E-state index contributed by atoms with van der Waals surface area (Å²) in [7, 11) is 0. The molecule has 0 aliphatic heterocycles. The molecule has 0 bridgehead atoms. The summed E-state index contributed by atoms with van der Waals surface area (Å²) in [4.78, 5) is 11.5. The van der Waals surface area contributed by atoms with Crippen molar-refractivity contribution in [2.75, 3.05) is 0 Å². The first-order valence-electron chi connectivity index (χ1n) is 6.40. The molecular weight excluding hydrogens is 261 g/mol. The molecule has 0 saturated heterocycles. The number of carbonyl (C=O) groups is 1. The van der Waals surface area contributed by atoms with Gasteiger partial charge in [-0.3, -0.25) is 4.79 Å². The van der Waals surface area contributed by atoms with E-state index in [1.165, 1.54) is 6.07 Å². The lowest BCUT2D eigenvalue weighted by molar-refractivity contribution is -0.122. The largest absolute Gasteiger partial charge is 0.419 e. The second-order valence-corrected chi connectivity index (χ2v) is 4.86. The molecule has 0 aliphatic carbocycles. The Bertz CT molecular complexity index is 596. The summed E-state index contributed by atoms with van der Waals surface area (Å²) in [6.07, 6.45) is 0.439. The van der Waals surface area contributed by atoms with Gasteiger partial charge in [0.1, 0.15) is 5.82 Å². The number of amides is 1. The molecule has 0 aliphatic rings. The first-order chi connectivity index (χ1) is 9.56. The molecule has 1 aromatic heterocycles. The van der Waals surface area contributed by atoms with Crippen LogP contribution in [-0.2, 0) is 11.3 Å². The Morgan fingerprint density at radius 1 is 1.35 bits per heavy atom. The van der Waals surface area contributed by atoms with Crippen molar-refractivity contribution in [2.24, 2.45) is 5.92 Å². The first kappa shape index (κ1) is 14.2. The van der Waals surface area contributed by atoms with E-state index in [2.05, 4.69) is 15.5 Å². The molecule has 1 N–H and O–H groups in total. The Labute approximate surface area is 116 Å². The Morgan fingerprint density at radius 3 is 2.80 bits per heavy atom. The second kappa shape index (κ2) is 6.27. The molecule has 2 aromatic rings. The van der Waals surface area contributed by atoms with Crippen molar-refractivity contribution in [3.05, 3.63) is 36.0 Å². The minimum absolute atomic E-state index is 0.0781. The maximum absolute atomic E-state index is 13.5. The molecule has 1 heterocycles. The van der Waals surface area contributed by atoms with E-state index in [0.717, 1.165) is 0 Å². The summed E-state index contributed by atoms with van der Waals surface area (Å²) in [5, 5.41) is 10.2. The fourth-order valence-corrected chi connectivity index (χ4v) is 1.69. The van der Waals surface area contributed by atoms with Gasteiger partial charge >= 0.3 is 0 Å². The standard InChI is InChI=1S/C14H16FN3O2/c1-9(2)7-12(19)16-8-13-17-18-14(20-13)10-5-3-4-6-11(10)15/h3-6,9H,7-8H2,1-2H3,(H,16,19). The molecule has 0 atom stereocenters. The third-order valence-corrected chi connectivity index (χ3v) is 2.60. The summed E-state index contributed by atoms with van der Waals surface area (Å²) in [6.45, 7) is 4.07. The molecule has 0 radical (unpaired) electrons. The number of hydrogen-bond donors (Lipinski definition) is 1. The third kappa shape index (κ3) is 3.63. The monoisotopic (exact) mass is 277 g/mol. The van der Waals surface area contributed by atoms with Gasteiger partial charge < -0.3 is 9.73 Å². The lowest BCUT2D eigenvalue weighted by Crippen LogP contribution is -2.24. The number of nitrogens with zero attached hydrogens (tertiary/aromatic N) is 2. The van der Waals surface area contributed by atoms with E-state index in [4.69, 9.17) is 4.42 Å². The fourth-order valence-electron chi connectivity index (χ4n) is 1.69. The van der Waals surface area contributed by atoms with Crippen molar-refractivity contribution >= 4 is 5.91 Å². The van der Waals surface area contributed by atoms with E-state index in [-0.39, 0.29) is 35.7 Å². The molecule has 106 valence electrons. The summed E-state index contributed by atoms with van der Waals surface area (Å²) in [6, 6.07) is 6.16. The Hall–Kier alpha value is -2.24. The van der Waals surface area contributed by atoms with Gasteiger partial charge in [-0.1, -0.05) is 26.0 Å². The van der Waals surface area contributed by atoms with E-state index < -0.39 is 5.82 Å². The van der Waals surface area contributed by atoms with Gasteiger partial charge in [0.25, 0.3) is 5.89 Å². The highest BCUT2D eigenvalue weighted by Gasteiger charge is 2.13. The van der Waals surface area contributed by atoms with Gasteiger partial charge in [0.15, 0.2) is 0 Å². The average Bonchev–Trinajstić information content (AvgIpc) is 2.85. The number of aromatic nitrogens is 2. The smallest absolute Gasteiger partial charge is 0.250 e. The third-order valence-electron chi connectivity index (χ3n) is 2.60. The van der Waals surface area contributed by atoms with E-state index in [0.29, 0.717) is 6.42 Å². The average molecular weight is 277 g/mol. The predicted molar refractivity (Wildman–Crippen MR) is 71.0 cm³/mol. The zero-order chi connectivity index (χ0) is 14.5. The van der Waals surface area contributed by atoms with Crippen molar-refractivity contribution in [3.8, 4) is 11.5 Å². The van der Waals surface area contributed by atoms with Crippen molar-refractivity contribution in [1.29, 1.82) is 0 Å². The van der Waals surface area contributed by atoms with Gasteiger partial charge in [-0.05, 0) is 18.1 Å². The van der Waals surface area contributed by atoms with Gasteiger partial charge in [0.2, 0.25) is 11.8 Å². The molecule has 0 fully saturated rings. The maximum atomic E-state index is 13.5. The zero-order valence-electron chi connectivity index (χ0n) is 11.4. The number of nitrogens with one attached hydrogen (secondary N) is 1. The molecular formula is C14H16FN3O2. The Balaban J connectivity index is 2.00. The van der Waals surface area contributed by atoms with Crippen LogP contribution in [0, 0.1) is 11.7 Å². The fraction of sp³-hybridized carbons (Fsp3) is 0.357. The predicted octanol–water partition coefficient (Wildman–Crippen LogP) is 2.54. The van der Waals surface area contributed by atoms with Crippen LogP contribution < -0.4 is 5.32 Å². The van der Waals surface area contributed by atoms with E-state index in [1.807, 2.05) is 13.8 Å². The van der Waals surface area contributed by atoms with Crippen molar-refractivity contribution in [1.82, 2.24) is 15.5 Å². The molecule has 2 rings (SSSR count). The lowest BCUT2D eigenvalue weighted by atomic mass is 10.1. The van der Waals surface area contributed by atoms with Crippen LogP contribution in [0.1, 0.15) is 26.2 Å². The minimum Gasteiger partial charge on any atom is -0.419 e. The maximum Gasteiger partial charge on any atom is 0.250 e. The van der Waals surface area contributed by atoms with Crippen LogP contribution in [0.4, 0.5) is 4.39 Å². The minimum atomic E-state index is -0.424. The highest BCUT2D eigenvalue weighted by atomic mass is 19.1. The number of carbonyl (C=O) groups excluding carboxylic acids is 1. The Kier molecular flexibility index (Phi) is 4.45. The Morgan fingerprint density at radius 2 is 2.10 bits per heavy atom. The van der Waals surface area contributed by atoms with E-state index in [1.54, 1.807) is 18.2 Å². The zero-order valence-corrected chi connectivity index (χ0v) is 11.4. The van der Waals surface area contributed by atoms with Gasteiger partial charge in [-0.2, -0.15) is 0 Å². The number of rotatable bonds is 5. The number of halogens is 1. The molecule has 0 unspecified atom stereocenters. The summed E-state index contributed by atoms with van der Waals surface area (Å²) >= 11 is 0. The van der Waals surface area contributed by atoms with Crippen LogP contribution in [0.5, 0.6) is 0 Å². The number of benzene rings is 1. The molecule has 20 heavy (non-hydrogen) atoms. The van der Waals surface area contributed by atoms with Gasteiger partial charge in [0.05, 0.1) is 12.1 Å². The van der Waals surface area contributed by atoms with Crippen LogP contribution in [-0.4, -0.2) is 16.1 Å². The molecule has 6 heteroatoms. The van der Waals surface area contributed by atoms with Crippen molar-refractivity contribution < 1.29 is 13.6 Å². The van der Waals surface area contributed by atoms with Crippen LogP contribution in [0.2, 0.25) is 0 Å². The molecule has 0 saturated carbocycles. The first-order valence-corrected chi connectivity index (χ1v) is 6.40. The topological polar surface area (TPSA) is 68.0 Å². The molecule has 0 spiro atoms. The quantitative estimate of drug-likeness (QED) is 0.912. The van der Waals surface area contributed by atoms with E-state index >= 15 is 0 Å². The second-order valence-electron chi connectivity index (χ2n) is 4.86. The van der Waals surface area contributed by atoms with Crippen LogP contribution in [0.15, 0.2) is 28.7 Å². The van der Waals surface area contributed by atoms with Gasteiger partial charge in [-0.25, -0.2) is 4.39 Å². The highest BCUT2D eigenvalue weighted by Crippen LogP contribution is 2.20. The molecule has 5 nitrogen and oxygen atoms in total. The summed E-state index contributed by atoms with van der Waals surface area (Å²) < 4.78 is 18.9. The normalized spacial score (nSPS) is 10.8. The van der Waals surface area contributed by atoms with Crippen molar-refractivity contribution in [3.63, 3.8) is 0 Å². The number of hydrogen-bond acceptors (Lipinski definition) is 4. The summed E-state index contributed by atoms with van der Waals surface area (Å²) in [5.41, 5.74) is 0.250. The SMILES string of the molecule is CC(C)CC(=O)NCc1nnc(-c2ccccc2F)o1.